The molecule has 0 bridgehead atoms. The van der Waals surface area contributed by atoms with Crippen molar-refractivity contribution in [1.82, 2.24) is 9.80 Å². The van der Waals surface area contributed by atoms with Gasteiger partial charge in [-0.25, -0.2) is 0 Å². The lowest BCUT2D eigenvalue weighted by atomic mass is 9.87. The summed E-state index contributed by atoms with van der Waals surface area (Å²) in [7, 11) is 0. The minimum absolute atomic E-state index is 0.114. The van der Waals surface area contributed by atoms with Crippen LogP contribution in [0.15, 0.2) is 133 Å². The maximum Gasteiger partial charge on any atom is 0.0625 e. The number of rotatable bonds is 7. The SMILES string of the molecule is Cc1ccccc1C(C)N1CN(C(c2ccccc2C)c2ccccc2C)[C@@H](c2ccccc2)[C@@H]1c1ccccc1. The van der Waals surface area contributed by atoms with Gasteiger partial charge >= 0.3 is 0 Å². The van der Waals surface area contributed by atoms with Gasteiger partial charge in [0.15, 0.2) is 0 Å². The lowest BCUT2D eigenvalue weighted by Crippen LogP contribution is -2.33. The van der Waals surface area contributed by atoms with Crippen LogP contribution in [0, 0.1) is 20.8 Å². The van der Waals surface area contributed by atoms with Crippen molar-refractivity contribution in [2.45, 2.75) is 51.9 Å². The van der Waals surface area contributed by atoms with Crippen LogP contribution < -0.4 is 0 Å². The molecule has 2 heteroatoms. The average molecular weight is 537 g/mol. The van der Waals surface area contributed by atoms with Crippen LogP contribution in [0.2, 0.25) is 0 Å². The fourth-order valence-corrected chi connectivity index (χ4v) is 6.93. The molecule has 1 unspecified atom stereocenters. The zero-order valence-corrected chi connectivity index (χ0v) is 24.6. The van der Waals surface area contributed by atoms with Gasteiger partial charge in [0, 0.05) is 6.04 Å². The van der Waals surface area contributed by atoms with E-state index in [9.17, 15) is 0 Å². The van der Waals surface area contributed by atoms with E-state index in [0.29, 0.717) is 0 Å². The Labute approximate surface area is 245 Å². The molecule has 1 aliphatic heterocycles. The average Bonchev–Trinajstić information content (AvgIpc) is 3.40. The Bertz CT molecular complexity index is 1550. The summed E-state index contributed by atoms with van der Waals surface area (Å²) in [5.41, 5.74) is 10.9. The zero-order chi connectivity index (χ0) is 28.3. The number of aryl methyl sites for hydroxylation is 3. The maximum absolute atomic E-state index is 2.77. The van der Waals surface area contributed by atoms with Crippen molar-refractivity contribution >= 4 is 0 Å². The first-order chi connectivity index (χ1) is 20.0. The van der Waals surface area contributed by atoms with Gasteiger partial charge in [-0.15, -0.1) is 0 Å². The van der Waals surface area contributed by atoms with Crippen LogP contribution >= 0.6 is 0 Å². The van der Waals surface area contributed by atoms with Crippen molar-refractivity contribution in [2.75, 3.05) is 6.67 Å². The highest BCUT2D eigenvalue weighted by Gasteiger charge is 2.47. The van der Waals surface area contributed by atoms with Crippen molar-refractivity contribution in [3.8, 4) is 0 Å². The van der Waals surface area contributed by atoms with Crippen LogP contribution in [0.1, 0.15) is 75.6 Å². The van der Waals surface area contributed by atoms with Crippen LogP contribution in [0.25, 0.3) is 0 Å². The first-order valence-corrected chi connectivity index (χ1v) is 14.8. The Balaban J connectivity index is 1.59. The molecule has 41 heavy (non-hydrogen) atoms. The fourth-order valence-electron chi connectivity index (χ4n) is 6.93. The van der Waals surface area contributed by atoms with E-state index in [1.807, 2.05) is 0 Å². The Hall–Kier alpha value is -3.98. The first kappa shape index (κ1) is 27.2. The van der Waals surface area contributed by atoms with E-state index in [1.165, 1.54) is 44.5 Å². The lowest BCUT2D eigenvalue weighted by molar-refractivity contribution is 0.155. The lowest BCUT2D eigenvalue weighted by Gasteiger charge is -2.36. The van der Waals surface area contributed by atoms with Crippen LogP contribution in [-0.4, -0.2) is 16.5 Å². The Kier molecular flexibility index (Phi) is 7.87. The van der Waals surface area contributed by atoms with Gasteiger partial charge in [-0.2, -0.15) is 0 Å². The van der Waals surface area contributed by atoms with Gasteiger partial charge in [-0.05, 0) is 72.2 Å². The summed E-state index contributed by atoms with van der Waals surface area (Å²) < 4.78 is 0. The van der Waals surface area contributed by atoms with E-state index in [1.54, 1.807) is 0 Å². The van der Waals surface area contributed by atoms with Crippen LogP contribution in [0.5, 0.6) is 0 Å². The second-order valence-electron chi connectivity index (χ2n) is 11.5. The molecule has 0 N–H and O–H groups in total. The molecule has 1 saturated heterocycles. The number of benzene rings is 5. The molecule has 0 saturated carbocycles. The van der Waals surface area contributed by atoms with E-state index in [2.05, 4.69) is 171 Å². The molecule has 0 aliphatic carbocycles. The normalized spacial score (nSPS) is 18.6. The molecule has 206 valence electrons. The highest BCUT2D eigenvalue weighted by atomic mass is 15.4. The van der Waals surface area contributed by atoms with Crippen molar-refractivity contribution in [3.05, 3.63) is 178 Å². The molecule has 5 aromatic carbocycles. The van der Waals surface area contributed by atoms with Gasteiger partial charge in [0.2, 0.25) is 0 Å². The van der Waals surface area contributed by atoms with E-state index in [0.717, 1.165) is 6.67 Å². The van der Waals surface area contributed by atoms with E-state index in [4.69, 9.17) is 0 Å². The second-order valence-corrected chi connectivity index (χ2v) is 11.5. The first-order valence-electron chi connectivity index (χ1n) is 14.8. The van der Waals surface area contributed by atoms with Crippen molar-refractivity contribution < 1.29 is 0 Å². The number of hydrogen-bond donors (Lipinski definition) is 0. The van der Waals surface area contributed by atoms with Crippen LogP contribution in [0.3, 0.4) is 0 Å². The van der Waals surface area contributed by atoms with Gasteiger partial charge in [-0.1, -0.05) is 133 Å². The number of nitrogens with zero attached hydrogens (tertiary/aromatic N) is 2. The monoisotopic (exact) mass is 536 g/mol. The summed E-state index contributed by atoms with van der Waals surface area (Å²) in [6.45, 7) is 10.0. The molecule has 0 spiro atoms. The van der Waals surface area contributed by atoms with Crippen molar-refractivity contribution in [1.29, 1.82) is 0 Å². The third kappa shape index (κ3) is 5.26. The van der Waals surface area contributed by atoms with Crippen molar-refractivity contribution in [3.63, 3.8) is 0 Å². The Morgan fingerprint density at radius 2 is 0.829 bits per heavy atom. The molecule has 0 aromatic heterocycles. The molecule has 5 aromatic rings. The summed E-state index contributed by atoms with van der Waals surface area (Å²) in [6, 6.07) is 49.8. The third-order valence-corrected chi connectivity index (χ3v) is 9.06. The molecule has 1 fully saturated rings. The Morgan fingerprint density at radius 3 is 1.27 bits per heavy atom. The highest BCUT2D eigenvalue weighted by molar-refractivity contribution is 5.42. The van der Waals surface area contributed by atoms with E-state index < -0.39 is 0 Å². The third-order valence-electron chi connectivity index (χ3n) is 9.06. The minimum Gasteiger partial charge on any atom is -0.275 e. The zero-order valence-electron chi connectivity index (χ0n) is 24.6. The van der Waals surface area contributed by atoms with Crippen LogP contribution in [-0.2, 0) is 0 Å². The molecule has 2 nitrogen and oxygen atoms in total. The van der Waals surface area contributed by atoms with Crippen LogP contribution in [0.4, 0.5) is 0 Å². The summed E-state index contributed by atoms with van der Waals surface area (Å²) in [6.07, 6.45) is 0. The summed E-state index contributed by atoms with van der Waals surface area (Å²) >= 11 is 0. The molecule has 1 heterocycles. The van der Waals surface area contributed by atoms with E-state index >= 15 is 0 Å². The molecule has 0 amide bonds. The smallest absolute Gasteiger partial charge is 0.0625 e. The standard InChI is InChI=1S/C39H40N2/c1-28-17-11-14-24-34(28)31(4)40-27-41(38(33-22-9-6-10-23-33)37(40)32-20-7-5-8-21-32)39(35-25-15-12-18-29(35)2)36-26-16-13-19-30(36)3/h5-26,31,37-39H,27H2,1-4H3/t31?,37-,38-/m0/s1. The fraction of sp³-hybridized carbons (Fsp3) is 0.231. The molecule has 6 rings (SSSR count). The van der Waals surface area contributed by atoms with E-state index in [-0.39, 0.29) is 24.2 Å². The minimum atomic E-state index is 0.114. The maximum atomic E-state index is 2.77. The quantitative estimate of drug-likeness (QED) is 0.204. The number of hydrogen-bond acceptors (Lipinski definition) is 2. The summed E-state index contributed by atoms with van der Waals surface area (Å²) in [4.78, 5) is 5.51. The molecular weight excluding hydrogens is 496 g/mol. The van der Waals surface area contributed by atoms with Gasteiger partial charge < -0.3 is 0 Å². The van der Waals surface area contributed by atoms with Gasteiger partial charge in [0.05, 0.1) is 24.8 Å². The van der Waals surface area contributed by atoms with Gasteiger partial charge in [0.25, 0.3) is 0 Å². The molecule has 3 atom stereocenters. The Morgan fingerprint density at radius 1 is 0.463 bits per heavy atom. The second kappa shape index (κ2) is 11.9. The van der Waals surface area contributed by atoms with Gasteiger partial charge in [0.1, 0.15) is 0 Å². The predicted molar refractivity (Wildman–Crippen MR) is 171 cm³/mol. The summed E-state index contributed by atoms with van der Waals surface area (Å²) in [5, 5.41) is 0. The largest absolute Gasteiger partial charge is 0.275 e. The summed E-state index contributed by atoms with van der Waals surface area (Å²) in [5.74, 6) is 0. The molecular formula is C39H40N2. The predicted octanol–water partition coefficient (Wildman–Crippen LogP) is 9.52. The topological polar surface area (TPSA) is 6.48 Å². The van der Waals surface area contributed by atoms with Gasteiger partial charge in [-0.3, -0.25) is 9.80 Å². The molecule has 1 aliphatic rings. The highest BCUT2D eigenvalue weighted by Crippen LogP contribution is 2.52. The molecule has 0 radical (unpaired) electrons. The van der Waals surface area contributed by atoms with Crippen molar-refractivity contribution in [2.24, 2.45) is 0 Å².